The summed E-state index contributed by atoms with van der Waals surface area (Å²) >= 11 is 0. The van der Waals surface area contributed by atoms with E-state index in [1.807, 2.05) is 0 Å². The van der Waals surface area contributed by atoms with Crippen molar-refractivity contribution in [2.75, 3.05) is 13.1 Å². The lowest BCUT2D eigenvalue weighted by atomic mass is 10.1. The smallest absolute Gasteiger partial charge is 0.0291 e. The molecule has 2 heteroatoms. The summed E-state index contributed by atoms with van der Waals surface area (Å²) in [6, 6.07) is 22.0. The van der Waals surface area contributed by atoms with Crippen molar-refractivity contribution in [3.63, 3.8) is 0 Å². The Morgan fingerprint density at radius 1 is 0.636 bits per heavy atom. The van der Waals surface area contributed by atoms with Crippen LogP contribution in [-0.2, 0) is 0 Å². The van der Waals surface area contributed by atoms with Gasteiger partial charge in [0.25, 0.3) is 0 Å². The molecule has 0 unspecified atom stereocenters. The number of rotatable bonds is 8. The van der Waals surface area contributed by atoms with Crippen LogP contribution in [0.3, 0.4) is 0 Å². The van der Waals surface area contributed by atoms with Crippen molar-refractivity contribution in [1.29, 1.82) is 0 Å². The summed E-state index contributed by atoms with van der Waals surface area (Å²) in [4.78, 5) is 0. The van der Waals surface area contributed by atoms with Crippen LogP contribution in [0.4, 0.5) is 0 Å². The lowest BCUT2D eigenvalue weighted by Gasteiger charge is -2.21. The van der Waals surface area contributed by atoms with Gasteiger partial charge in [-0.3, -0.25) is 0 Å². The van der Waals surface area contributed by atoms with Gasteiger partial charge in [-0.1, -0.05) is 67.6 Å². The van der Waals surface area contributed by atoms with Crippen LogP contribution >= 0.6 is 0 Å². The zero-order valence-electron chi connectivity index (χ0n) is 13.9. The molecule has 0 heterocycles. The molecule has 0 radical (unpaired) electrons. The molecule has 0 aliphatic carbocycles. The van der Waals surface area contributed by atoms with Gasteiger partial charge in [0.1, 0.15) is 0 Å². The third-order valence-corrected chi connectivity index (χ3v) is 4.14. The zero-order valence-corrected chi connectivity index (χ0v) is 13.9. The van der Waals surface area contributed by atoms with Gasteiger partial charge >= 0.3 is 0 Å². The Morgan fingerprint density at radius 3 is 1.36 bits per heavy atom. The summed E-state index contributed by atoms with van der Waals surface area (Å²) in [5, 5.41) is 7.24. The Hall–Kier alpha value is -1.64. The van der Waals surface area contributed by atoms with Crippen LogP contribution < -0.4 is 10.6 Å². The van der Waals surface area contributed by atoms with Crippen molar-refractivity contribution in [3.05, 3.63) is 71.8 Å². The summed E-state index contributed by atoms with van der Waals surface area (Å²) in [7, 11) is 0. The van der Waals surface area contributed by atoms with E-state index in [-0.39, 0.29) is 0 Å². The first kappa shape index (κ1) is 16.7. The van der Waals surface area contributed by atoms with Crippen molar-refractivity contribution in [2.45, 2.75) is 32.9 Å². The first-order valence-electron chi connectivity index (χ1n) is 8.23. The van der Waals surface area contributed by atoms with E-state index in [0.717, 1.165) is 13.1 Å². The maximum atomic E-state index is 3.62. The number of nitrogens with one attached hydrogen (secondary N) is 2. The molecule has 2 rings (SSSR count). The molecule has 0 fully saturated rings. The standard InChI is InChI=1S/C20H28N2/c1-16(14-21-17(2)19-10-6-4-7-11-19)15-22-18(3)20-12-8-5-9-13-20/h4-13,16-18,21-22H,14-15H2,1-3H3/t17-,18-/m0/s1. The Morgan fingerprint density at radius 2 is 1.00 bits per heavy atom. The topological polar surface area (TPSA) is 24.1 Å². The minimum atomic E-state index is 0.398. The Kier molecular flexibility index (Phi) is 6.63. The van der Waals surface area contributed by atoms with Gasteiger partial charge in [-0.25, -0.2) is 0 Å². The lowest BCUT2D eigenvalue weighted by molar-refractivity contribution is 0.423. The molecule has 2 aromatic carbocycles. The molecule has 0 saturated heterocycles. The van der Waals surface area contributed by atoms with Crippen LogP contribution in [0.5, 0.6) is 0 Å². The van der Waals surface area contributed by atoms with Gasteiger partial charge < -0.3 is 10.6 Å². The molecule has 0 bridgehead atoms. The normalized spacial score (nSPS) is 14.0. The predicted molar refractivity (Wildman–Crippen MR) is 94.9 cm³/mol. The fraction of sp³-hybridized carbons (Fsp3) is 0.400. The molecule has 0 spiro atoms. The second kappa shape index (κ2) is 8.72. The van der Waals surface area contributed by atoms with Crippen LogP contribution in [0, 0.1) is 5.92 Å². The van der Waals surface area contributed by atoms with Gasteiger partial charge in [0.15, 0.2) is 0 Å². The van der Waals surface area contributed by atoms with E-state index in [9.17, 15) is 0 Å². The van der Waals surface area contributed by atoms with Crippen molar-refractivity contribution in [1.82, 2.24) is 10.6 Å². The Labute approximate surface area is 135 Å². The highest BCUT2D eigenvalue weighted by atomic mass is 14.9. The van der Waals surface area contributed by atoms with Gasteiger partial charge in [-0.15, -0.1) is 0 Å². The molecular weight excluding hydrogens is 268 g/mol. The maximum Gasteiger partial charge on any atom is 0.0291 e. The Bertz CT molecular complexity index is 474. The molecule has 0 saturated carbocycles. The molecular formula is C20H28N2. The summed E-state index contributed by atoms with van der Waals surface area (Å²) in [5.74, 6) is 0.595. The quantitative estimate of drug-likeness (QED) is 0.758. The third-order valence-electron chi connectivity index (χ3n) is 4.14. The molecule has 2 atom stereocenters. The highest BCUT2D eigenvalue weighted by Gasteiger charge is 2.09. The van der Waals surface area contributed by atoms with Crippen LogP contribution in [0.25, 0.3) is 0 Å². The molecule has 22 heavy (non-hydrogen) atoms. The highest BCUT2D eigenvalue weighted by Crippen LogP contribution is 2.13. The zero-order chi connectivity index (χ0) is 15.8. The first-order chi connectivity index (χ1) is 10.7. The minimum absolute atomic E-state index is 0.398. The molecule has 0 aromatic heterocycles. The predicted octanol–water partition coefficient (Wildman–Crippen LogP) is 4.32. The summed E-state index contributed by atoms with van der Waals surface area (Å²) in [6.45, 7) is 8.77. The first-order valence-corrected chi connectivity index (χ1v) is 8.23. The van der Waals surface area contributed by atoms with E-state index in [1.54, 1.807) is 0 Å². The average Bonchev–Trinajstić information content (AvgIpc) is 2.59. The van der Waals surface area contributed by atoms with Gasteiger partial charge in [0.2, 0.25) is 0 Å². The van der Waals surface area contributed by atoms with E-state index in [2.05, 4.69) is 92.1 Å². The monoisotopic (exact) mass is 296 g/mol. The molecule has 2 N–H and O–H groups in total. The van der Waals surface area contributed by atoms with E-state index in [1.165, 1.54) is 11.1 Å². The average molecular weight is 296 g/mol. The van der Waals surface area contributed by atoms with Crippen molar-refractivity contribution < 1.29 is 0 Å². The van der Waals surface area contributed by atoms with E-state index in [0.29, 0.717) is 18.0 Å². The van der Waals surface area contributed by atoms with Gasteiger partial charge in [-0.2, -0.15) is 0 Å². The van der Waals surface area contributed by atoms with E-state index >= 15 is 0 Å². The third kappa shape index (κ3) is 5.28. The molecule has 118 valence electrons. The maximum absolute atomic E-state index is 3.62. The summed E-state index contributed by atoms with van der Waals surface area (Å²) < 4.78 is 0. The number of hydrogen-bond donors (Lipinski definition) is 2. The summed E-state index contributed by atoms with van der Waals surface area (Å²) in [5.41, 5.74) is 2.70. The largest absolute Gasteiger partial charge is 0.310 e. The molecule has 2 aromatic rings. The van der Waals surface area contributed by atoms with Crippen molar-refractivity contribution >= 4 is 0 Å². The van der Waals surface area contributed by atoms with Crippen LogP contribution in [0.1, 0.15) is 44.0 Å². The highest BCUT2D eigenvalue weighted by molar-refractivity contribution is 5.18. The fourth-order valence-electron chi connectivity index (χ4n) is 2.55. The van der Waals surface area contributed by atoms with Gasteiger partial charge in [0, 0.05) is 12.1 Å². The van der Waals surface area contributed by atoms with Gasteiger partial charge in [-0.05, 0) is 44.0 Å². The van der Waals surface area contributed by atoms with Crippen molar-refractivity contribution in [2.24, 2.45) is 5.92 Å². The van der Waals surface area contributed by atoms with Crippen molar-refractivity contribution in [3.8, 4) is 0 Å². The van der Waals surface area contributed by atoms with Crippen LogP contribution in [0.2, 0.25) is 0 Å². The molecule has 0 aliphatic heterocycles. The van der Waals surface area contributed by atoms with E-state index < -0.39 is 0 Å². The van der Waals surface area contributed by atoms with E-state index in [4.69, 9.17) is 0 Å². The molecule has 0 aliphatic rings. The van der Waals surface area contributed by atoms with Gasteiger partial charge in [0.05, 0.1) is 0 Å². The van der Waals surface area contributed by atoms with Crippen LogP contribution in [0.15, 0.2) is 60.7 Å². The second-order valence-corrected chi connectivity index (χ2v) is 6.19. The fourth-order valence-corrected chi connectivity index (χ4v) is 2.55. The Balaban J connectivity index is 1.71. The lowest BCUT2D eigenvalue weighted by Crippen LogP contribution is -2.32. The number of benzene rings is 2. The molecule has 0 amide bonds. The molecule has 2 nitrogen and oxygen atoms in total. The second-order valence-electron chi connectivity index (χ2n) is 6.19. The summed E-state index contributed by atoms with van der Waals surface area (Å²) in [6.07, 6.45) is 0. The van der Waals surface area contributed by atoms with Crippen LogP contribution in [-0.4, -0.2) is 13.1 Å². The minimum Gasteiger partial charge on any atom is -0.310 e. The SMILES string of the molecule is CC(CN[C@@H](C)c1ccccc1)CN[C@@H](C)c1ccccc1. The number of hydrogen-bond acceptors (Lipinski definition) is 2.